The largest absolute Gasteiger partial charge is 0.334 e. The number of nitrogens with zero attached hydrogens (tertiary/aromatic N) is 4. The highest BCUT2D eigenvalue weighted by atomic mass is 32.2. The number of rotatable bonds is 8. The van der Waals surface area contributed by atoms with Crippen molar-refractivity contribution in [3.05, 3.63) is 179 Å². The van der Waals surface area contributed by atoms with Crippen LogP contribution < -0.4 is 10.6 Å². The van der Waals surface area contributed by atoms with E-state index < -0.39 is 19.7 Å². The van der Waals surface area contributed by atoms with Crippen LogP contribution in [0, 0.1) is 0 Å². The zero-order chi connectivity index (χ0) is 39.8. The quantitative estimate of drug-likeness (QED) is 0.181. The number of fused-ring (bicyclic) bond motifs is 2. The number of sulfone groups is 2. The maximum absolute atomic E-state index is 12.6. The smallest absolute Gasteiger partial charge is 0.318 e. The molecule has 4 aromatic carbocycles. The van der Waals surface area contributed by atoms with E-state index in [0.717, 1.165) is 40.1 Å². The standard InChI is InChI=1S/C22H21N3O3S.C21H19N3O3S/c26-22(25-14-12-21-18(16-25)5-4-13-23-21)24-15-17-8-10-20(11-9-17)29(27,28)19-6-2-1-3-7-19;25-21(24-14-17-5-4-12-22-20(17)15-24)23-13-16-8-10-19(11-9-16)28(26,27)18-6-2-1-3-7-18/h1-11,13H,12,14-16H2,(H,24,26);1-12H,13-15H2,(H,23,25). The third-order valence-electron chi connectivity index (χ3n) is 9.69. The van der Waals surface area contributed by atoms with E-state index in [2.05, 4.69) is 20.6 Å². The summed E-state index contributed by atoms with van der Waals surface area (Å²) in [6.45, 7) is 2.87. The van der Waals surface area contributed by atoms with Crippen LogP contribution in [-0.4, -0.2) is 55.2 Å². The molecule has 0 radical (unpaired) electrons. The van der Waals surface area contributed by atoms with Gasteiger partial charge < -0.3 is 20.4 Å². The molecule has 4 heterocycles. The van der Waals surface area contributed by atoms with E-state index in [-0.39, 0.29) is 31.6 Å². The molecule has 8 rings (SSSR count). The third-order valence-corrected chi connectivity index (χ3v) is 13.3. The Morgan fingerprint density at radius 1 is 0.491 bits per heavy atom. The van der Waals surface area contributed by atoms with Gasteiger partial charge in [0, 0.05) is 57.2 Å². The molecule has 0 spiro atoms. The summed E-state index contributed by atoms with van der Waals surface area (Å²) in [5.74, 6) is 0. The van der Waals surface area contributed by atoms with E-state index >= 15 is 0 Å². The Hall–Kier alpha value is -6.38. The third kappa shape index (κ3) is 9.20. The van der Waals surface area contributed by atoms with Crippen LogP contribution in [0.25, 0.3) is 0 Å². The van der Waals surface area contributed by atoms with Crippen molar-refractivity contribution < 1.29 is 26.4 Å². The van der Waals surface area contributed by atoms with E-state index in [4.69, 9.17) is 0 Å². The van der Waals surface area contributed by atoms with Crippen molar-refractivity contribution in [3.63, 3.8) is 0 Å². The molecule has 0 aliphatic carbocycles. The first-order valence-corrected chi connectivity index (χ1v) is 21.2. The SMILES string of the molecule is O=C(NCc1ccc(S(=O)(=O)c2ccccc2)cc1)N1CCc2ncccc2C1.O=C(NCc1ccc(S(=O)(=O)c2ccccc2)cc1)N1Cc2cccnc2C1. The Bertz CT molecular complexity index is 2550. The first-order chi connectivity index (χ1) is 27.6. The van der Waals surface area contributed by atoms with E-state index in [1.54, 1.807) is 131 Å². The van der Waals surface area contributed by atoms with Crippen molar-refractivity contribution in [2.45, 2.75) is 58.7 Å². The highest BCUT2D eigenvalue weighted by Gasteiger charge is 2.24. The summed E-state index contributed by atoms with van der Waals surface area (Å²) in [4.78, 5) is 38.0. The normalized spacial score (nSPS) is 13.4. The maximum atomic E-state index is 12.6. The van der Waals surface area contributed by atoms with Crippen LogP contribution in [0.5, 0.6) is 0 Å². The van der Waals surface area contributed by atoms with E-state index in [1.807, 2.05) is 24.3 Å². The van der Waals surface area contributed by atoms with Crippen molar-refractivity contribution >= 4 is 31.7 Å². The van der Waals surface area contributed by atoms with Crippen molar-refractivity contribution in [2.75, 3.05) is 6.54 Å². The Balaban J connectivity index is 0.000000174. The Labute approximate surface area is 332 Å². The number of carbonyl (C=O) groups excluding carboxylic acids is 2. The molecule has 2 aliphatic rings. The molecule has 0 fully saturated rings. The van der Waals surface area contributed by atoms with Gasteiger partial charge in [0.1, 0.15) is 0 Å². The number of hydrogen-bond acceptors (Lipinski definition) is 8. The van der Waals surface area contributed by atoms with Gasteiger partial charge in [-0.25, -0.2) is 26.4 Å². The van der Waals surface area contributed by atoms with E-state index in [9.17, 15) is 26.4 Å². The molecule has 12 nitrogen and oxygen atoms in total. The van der Waals surface area contributed by atoms with Crippen molar-refractivity contribution in [1.29, 1.82) is 0 Å². The molecule has 2 aliphatic heterocycles. The minimum atomic E-state index is -3.53. The lowest BCUT2D eigenvalue weighted by atomic mass is 10.1. The first-order valence-electron chi connectivity index (χ1n) is 18.3. The minimum Gasteiger partial charge on any atom is -0.334 e. The van der Waals surface area contributed by atoms with Crippen LogP contribution in [-0.2, 0) is 58.8 Å². The number of pyridine rings is 2. The molecule has 2 N–H and O–H groups in total. The van der Waals surface area contributed by atoms with Crippen LogP contribution in [0.15, 0.2) is 165 Å². The maximum Gasteiger partial charge on any atom is 0.318 e. The number of benzene rings is 4. The highest BCUT2D eigenvalue weighted by molar-refractivity contribution is 7.91. The lowest BCUT2D eigenvalue weighted by molar-refractivity contribution is 0.191. The van der Waals surface area contributed by atoms with Crippen LogP contribution in [0.2, 0.25) is 0 Å². The van der Waals surface area contributed by atoms with Gasteiger partial charge in [-0.15, -0.1) is 0 Å². The molecule has 0 atom stereocenters. The zero-order valence-corrected chi connectivity index (χ0v) is 32.5. The number of urea groups is 2. The van der Waals surface area contributed by atoms with Gasteiger partial charge in [0.2, 0.25) is 19.7 Å². The Kier molecular flexibility index (Phi) is 11.7. The molecule has 57 heavy (non-hydrogen) atoms. The number of aromatic nitrogens is 2. The first kappa shape index (κ1) is 38.9. The van der Waals surface area contributed by atoms with Crippen LogP contribution in [0.1, 0.15) is 33.6 Å². The van der Waals surface area contributed by atoms with E-state index in [0.29, 0.717) is 39.3 Å². The molecule has 14 heteroatoms. The Morgan fingerprint density at radius 2 is 0.912 bits per heavy atom. The second kappa shape index (κ2) is 17.2. The minimum absolute atomic E-state index is 0.138. The fourth-order valence-corrected chi connectivity index (χ4v) is 9.07. The number of nitrogens with one attached hydrogen (secondary N) is 2. The van der Waals surface area contributed by atoms with Gasteiger partial charge in [-0.2, -0.15) is 0 Å². The lowest BCUT2D eigenvalue weighted by Gasteiger charge is -2.28. The predicted molar refractivity (Wildman–Crippen MR) is 213 cm³/mol. The zero-order valence-electron chi connectivity index (χ0n) is 30.9. The molecule has 0 saturated carbocycles. The average molecular weight is 801 g/mol. The Morgan fingerprint density at radius 3 is 1.40 bits per heavy atom. The topological polar surface area (TPSA) is 159 Å². The van der Waals surface area contributed by atoms with E-state index in [1.165, 1.54) is 0 Å². The van der Waals surface area contributed by atoms with Gasteiger partial charge in [-0.05, 0) is 82.9 Å². The van der Waals surface area contributed by atoms with Crippen molar-refractivity contribution in [3.8, 4) is 0 Å². The number of amides is 4. The summed E-state index contributed by atoms with van der Waals surface area (Å²) >= 11 is 0. The molecule has 2 aromatic heterocycles. The van der Waals surface area contributed by atoms with Gasteiger partial charge in [0.05, 0.1) is 31.8 Å². The summed E-state index contributed by atoms with van der Waals surface area (Å²) in [6.07, 6.45) is 4.25. The monoisotopic (exact) mass is 800 g/mol. The van der Waals surface area contributed by atoms with Crippen LogP contribution in [0.3, 0.4) is 0 Å². The molecule has 0 saturated heterocycles. The predicted octanol–water partition coefficient (Wildman–Crippen LogP) is 6.32. The molecule has 0 bridgehead atoms. The number of carbonyl (C=O) groups is 2. The summed E-state index contributed by atoms with van der Waals surface area (Å²) in [5.41, 5.74) is 5.78. The van der Waals surface area contributed by atoms with Gasteiger partial charge >= 0.3 is 12.1 Å². The van der Waals surface area contributed by atoms with Gasteiger partial charge in [0.25, 0.3) is 0 Å². The molecular formula is C43H40N6O6S2. The van der Waals surface area contributed by atoms with Gasteiger partial charge in [0.15, 0.2) is 0 Å². The van der Waals surface area contributed by atoms with Crippen LogP contribution in [0.4, 0.5) is 9.59 Å². The average Bonchev–Trinajstić information content (AvgIpc) is 3.70. The lowest BCUT2D eigenvalue weighted by Crippen LogP contribution is -2.42. The fraction of sp³-hybridized carbons (Fsp3) is 0.163. The molecular weight excluding hydrogens is 761 g/mol. The van der Waals surface area contributed by atoms with Gasteiger partial charge in [-0.3, -0.25) is 9.97 Å². The summed E-state index contributed by atoms with van der Waals surface area (Å²) in [7, 11) is -7.07. The fourth-order valence-electron chi connectivity index (χ4n) is 6.51. The highest BCUT2D eigenvalue weighted by Crippen LogP contribution is 2.23. The second-order valence-corrected chi connectivity index (χ2v) is 17.4. The molecule has 290 valence electrons. The summed E-state index contributed by atoms with van der Waals surface area (Å²) in [6, 6.07) is 37.3. The van der Waals surface area contributed by atoms with Crippen molar-refractivity contribution in [1.82, 2.24) is 30.4 Å². The van der Waals surface area contributed by atoms with Crippen LogP contribution >= 0.6 is 0 Å². The second-order valence-electron chi connectivity index (χ2n) is 13.5. The summed E-state index contributed by atoms with van der Waals surface area (Å²) < 4.78 is 50.5. The van der Waals surface area contributed by atoms with Crippen molar-refractivity contribution in [2.24, 2.45) is 0 Å². The molecule has 0 unspecified atom stereocenters. The molecule has 4 amide bonds. The summed E-state index contributed by atoms with van der Waals surface area (Å²) in [5, 5.41) is 5.78. The number of hydrogen-bond donors (Lipinski definition) is 2. The molecule has 6 aromatic rings. The van der Waals surface area contributed by atoms with Gasteiger partial charge in [-0.1, -0.05) is 72.8 Å².